The fourth-order valence-corrected chi connectivity index (χ4v) is 2.89. The third-order valence-electron chi connectivity index (χ3n) is 4.42. The zero-order valence-corrected chi connectivity index (χ0v) is 13.6. The zero-order valence-electron chi connectivity index (χ0n) is 13.6. The molecule has 0 aliphatic carbocycles. The predicted octanol–water partition coefficient (Wildman–Crippen LogP) is 4.90. The number of ether oxygens (including phenoxy) is 1. The molecule has 0 heterocycles. The van der Waals surface area contributed by atoms with E-state index in [1.165, 1.54) is 11.1 Å². The molecular formula is C20H26O. The van der Waals surface area contributed by atoms with E-state index in [1.54, 1.807) is 0 Å². The molecule has 1 nitrogen and oxygen atoms in total. The lowest BCUT2D eigenvalue weighted by atomic mass is 9.69. The van der Waals surface area contributed by atoms with Crippen LogP contribution in [0, 0.1) is 5.41 Å². The first-order chi connectivity index (χ1) is 9.97. The molecule has 0 fully saturated rings. The molecule has 0 saturated heterocycles. The maximum Gasteiger partial charge on any atom is 0.0806 e. The van der Waals surface area contributed by atoms with Crippen LogP contribution in [-0.2, 0) is 17.6 Å². The Morgan fingerprint density at radius 1 is 0.714 bits per heavy atom. The number of benzene rings is 2. The van der Waals surface area contributed by atoms with Crippen molar-refractivity contribution in [3.63, 3.8) is 0 Å². The van der Waals surface area contributed by atoms with Crippen molar-refractivity contribution in [2.45, 2.75) is 39.2 Å². The third kappa shape index (κ3) is 3.74. The fraction of sp³-hybridized carbons (Fsp3) is 0.400. The lowest BCUT2D eigenvalue weighted by Gasteiger charge is -2.44. The van der Waals surface area contributed by atoms with E-state index in [-0.39, 0.29) is 11.0 Å². The van der Waals surface area contributed by atoms with Gasteiger partial charge in [0.05, 0.1) is 5.60 Å². The minimum Gasteiger partial charge on any atom is -0.377 e. The minimum absolute atomic E-state index is 0.0490. The molecule has 21 heavy (non-hydrogen) atoms. The second kappa shape index (κ2) is 6.44. The number of methoxy groups -OCH3 is 1. The highest BCUT2D eigenvalue weighted by Crippen LogP contribution is 2.39. The van der Waals surface area contributed by atoms with Gasteiger partial charge in [-0.25, -0.2) is 0 Å². The summed E-state index contributed by atoms with van der Waals surface area (Å²) < 4.78 is 6.11. The van der Waals surface area contributed by atoms with Crippen molar-refractivity contribution >= 4 is 0 Å². The van der Waals surface area contributed by atoms with E-state index >= 15 is 0 Å². The topological polar surface area (TPSA) is 9.23 Å². The number of rotatable bonds is 5. The van der Waals surface area contributed by atoms with Crippen molar-refractivity contribution in [3.05, 3.63) is 71.8 Å². The Balaban J connectivity index is 2.34. The average molecular weight is 282 g/mol. The van der Waals surface area contributed by atoms with Crippen molar-refractivity contribution < 1.29 is 4.74 Å². The molecule has 2 aromatic rings. The van der Waals surface area contributed by atoms with Crippen molar-refractivity contribution in [2.24, 2.45) is 5.41 Å². The van der Waals surface area contributed by atoms with E-state index < -0.39 is 0 Å². The van der Waals surface area contributed by atoms with Crippen LogP contribution in [0.4, 0.5) is 0 Å². The molecule has 2 aromatic carbocycles. The molecule has 0 aliphatic heterocycles. The summed E-state index contributed by atoms with van der Waals surface area (Å²) in [7, 11) is 1.84. The summed E-state index contributed by atoms with van der Waals surface area (Å²) in [5.41, 5.74) is 2.48. The summed E-state index contributed by atoms with van der Waals surface area (Å²) in [6.07, 6.45) is 1.84. The maximum atomic E-state index is 6.11. The molecular weight excluding hydrogens is 256 g/mol. The Labute approximate surface area is 129 Å². The largest absolute Gasteiger partial charge is 0.377 e. The molecule has 0 aliphatic rings. The SMILES string of the molecule is COC(Cc1ccccc1)(Cc1ccccc1)C(C)(C)C. The van der Waals surface area contributed by atoms with E-state index in [4.69, 9.17) is 4.74 Å². The maximum absolute atomic E-state index is 6.11. The normalized spacial score (nSPS) is 12.4. The van der Waals surface area contributed by atoms with Gasteiger partial charge in [-0.1, -0.05) is 81.4 Å². The lowest BCUT2D eigenvalue weighted by molar-refractivity contribution is -0.0912. The monoisotopic (exact) mass is 282 g/mol. The summed E-state index contributed by atoms with van der Waals surface area (Å²) >= 11 is 0. The Morgan fingerprint density at radius 2 is 1.10 bits per heavy atom. The Bertz CT molecular complexity index is 496. The van der Waals surface area contributed by atoms with E-state index in [1.807, 2.05) is 7.11 Å². The van der Waals surface area contributed by atoms with Gasteiger partial charge in [0.1, 0.15) is 0 Å². The van der Waals surface area contributed by atoms with Crippen LogP contribution in [0.1, 0.15) is 31.9 Å². The van der Waals surface area contributed by atoms with Gasteiger partial charge < -0.3 is 4.74 Å². The smallest absolute Gasteiger partial charge is 0.0806 e. The third-order valence-corrected chi connectivity index (χ3v) is 4.42. The predicted molar refractivity (Wildman–Crippen MR) is 89.5 cm³/mol. The van der Waals surface area contributed by atoms with E-state index in [0.717, 1.165) is 12.8 Å². The highest BCUT2D eigenvalue weighted by molar-refractivity contribution is 5.23. The molecule has 2 rings (SSSR count). The highest BCUT2D eigenvalue weighted by atomic mass is 16.5. The van der Waals surface area contributed by atoms with Crippen LogP contribution >= 0.6 is 0 Å². The van der Waals surface area contributed by atoms with Gasteiger partial charge in [0.2, 0.25) is 0 Å². The van der Waals surface area contributed by atoms with Gasteiger partial charge in [0.25, 0.3) is 0 Å². The van der Waals surface area contributed by atoms with E-state index in [0.29, 0.717) is 0 Å². The Kier molecular flexibility index (Phi) is 4.84. The van der Waals surface area contributed by atoms with Gasteiger partial charge in [0, 0.05) is 20.0 Å². The first kappa shape index (κ1) is 15.8. The minimum atomic E-state index is -0.213. The molecule has 0 atom stereocenters. The fourth-order valence-electron chi connectivity index (χ4n) is 2.89. The Hall–Kier alpha value is -1.60. The van der Waals surface area contributed by atoms with Crippen LogP contribution in [0.3, 0.4) is 0 Å². The molecule has 1 heteroatoms. The van der Waals surface area contributed by atoms with Crippen LogP contribution in [0.25, 0.3) is 0 Å². The molecule has 112 valence electrons. The summed E-state index contributed by atoms with van der Waals surface area (Å²) in [5, 5.41) is 0. The molecule has 0 saturated carbocycles. The summed E-state index contributed by atoms with van der Waals surface area (Å²) in [5.74, 6) is 0. The number of hydrogen-bond donors (Lipinski definition) is 0. The zero-order chi connectivity index (χ0) is 15.3. The van der Waals surface area contributed by atoms with Gasteiger partial charge in [-0.15, -0.1) is 0 Å². The van der Waals surface area contributed by atoms with Crippen molar-refractivity contribution in [1.82, 2.24) is 0 Å². The summed E-state index contributed by atoms with van der Waals surface area (Å²) in [4.78, 5) is 0. The van der Waals surface area contributed by atoms with Crippen LogP contribution in [-0.4, -0.2) is 12.7 Å². The number of hydrogen-bond acceptors (Lipinski definition) is 1. The molecule has 0 N–H and O–H groups in total. The van der Waals surface area contributed by atoms with Gasteiger partial charge in [-0.2, -0.15) is 0 Å². The molecule has 0 amide bonds. The second-order valence-corrected chi connectivity index (χ2v) is 6.77. The molecule has 0 unspecified atom stereocenters. The van der Waals surface area contributed by atoms with Crippen molar-refractivity contribution in [1.29, 1.82) is 0 Å². The van der Waals surface area contributed by atoms with Crippen LogP contribution < -0.4 is 0 Å². The van der Waals surface area contributed by atoms with Gasteiger partial charge in [-0.3, -0.25) is 0 Å². The van der Waals surface area contributed by atoms with Crippen LogP contribution in [0.2, 0.25) is 0 Å². The average Bonchev–Trinajstić information content (AvgIpc) is 2.47. The first-order valence-corrected chi connectivity index (χ1v) is 7.60. The highest BCUT2D eigenvalue weighted by Gasteiger charge is 2.42. The van der Waals surface area contributed by atoms with Gasteiger partial charge in [-0.05, 0) is 16.5 Å². The van der Waals surface area contributed by atoms with E-state index in [9.17, 15) is 0 Å². The standard InChI is InChI=1S/C20H26O/c1-19(2,3)20(21-4,15-17-11-7-5-8-12-17)16-18-13-9-6-10-14-18/h5-14H,15-16H2,1-4H3. The van der Waals surface area contributed by atoms with E-state index in [2.05, 4.69) is 81.4 Å². The van der Waals surface area contributed by atoms with Crippen molar-refractivity contribution in [3.8, 4) is 0 Å². The Morgan fingerprint density at radius 3 is 1.38 bits per heavy atom. The van der Waals surface area contributed by atoms with Crippen LogP contribution in [0.15, 0.2) is 60.7 Å². The molecule has 0 radical (unpaired) electrons. The second-order valence-electron chi connectivity index (χ2n) is 6.77. The van der Waals surface area contributed by atoms with Gasteiger partial charge >= 0.3 is 0 Å². The molecule has 0 bridgehead atoms. The molecule has 0 aromatic heterocycles. The molecule has 0 spiro atoms. The first-order valence-electron chi connectivity index (χ1n) is 7.60. The summed E-state index contributed by atoms with van der Waals surface area (Å²) in [6.45, 7) is 6.80. The summed E-state index contributed by atoms with van der Waals surface area (Å²) in [6, 6.07) is 21.3. The van der Waals surface area contributed by atoms with Gasteiger partial charge in [0.15, 0.2) is 0 Å². The van der Waals surface area contributed by atoms with Crippen molar-refractivity contribution in [2.75, 3.05) is 7.11 Å². The lowest BCUT2D eigenvalue weighted by Crippen LogP contribution is -2.48. The quantitative estimate of drug-likeness (QED) is 0.757. The van der Waals surface area contributed by atoms with Crippen LogP contribution in [0.5, 0.6) is 0 Å².